The molecule has 0 amide bonds. The van der Waals surface area contributed by atoms with E-state index in [9.17, 15) is 22.0 Å². The minimum atomic E-state index is -3.54. The van der Waals surface area contributed by atoms with Crippen molar-refractivity contribution in [3.8, 4) is 27.9 Å². The molecule has 6 rings (SSSR count). The van der Waals surface area contributed by atoms with Gasteiger partial charge in [0.1, 0.15) is 11.6 Å². The van der Waals surface area contributed by atoms with Crippen molar-refractivity contribution in [1.29, 1.82) is 0 Å². The zero-order chi connectivity index (χ0) is 30.0. The molecule has 0 saturated carbocycles. The lowest BCUT2D eigenvalue weighted by atomic mass is 10.00. The number of benzene rings is 4. The van der Waals surface area contributed by atoms with Crippen LogP contribution in [0.25, 0.3) is 27.9 Å². The molecule has 1 fully saturated rings. The summed E-state index contributed by atoms with van der Waals surface area (Å²) in [6, 6.07) is 29.2. The van der Waals surface area contributed by atoms with Gasteiger partial charge in [-0.3, -0.25) is 4.79 Å². The first-order valence-electron chi connectivity index (χ1n) is 13.8. The summed E-state index contributed by atoms with van der Waals surface area (Å²) in [6.07, 6.45) is 1.50. The van der Waals surface area contributed by atoms with E-state index in [1.165, 1.54) is 10.5 Å². The molecule has 4 aromatic carbocycles. The van der Waals surface area contributed by atoms with Crippen molar-refractivity contribution in [1.82, 2.24) is 14.1 Å². The van der Waals surface area contributed by atoms with Crippen LogP contribution in [0.2, 0.25) is 0 Å². The average Bonchev–Trinajstić information content (AvgIpc) is 3.01. The molecule has 218 valence electrons. The van der Waals surface area contributed by atoms with E-state index in [0.29, 0.717) is 35.5 Å². The van der Waals surface area contributed by atoms with E-state index in [1.54, 1.807) is 12.1 Å². The summed E-state index contributed by atoms with van der Waals surface area (Å²) in [5.74, 6) is -1.74. The molecule has 0 bridgehead atoms. The Labute approximate surface area is 248 Å². The van der Waals surface area contributed by atoms with Crippen LogP contribution in [-0.2, 0) is 15.8 Å². The van der Waals surface area contributed by atoms with Crippen molar-refractivity contribution in [2.24, 2.45) is 0 Å². The van der Waals surface area contributed by atoms with Crippen LogP contribution in [0.5, 0.6) is 0 Å². The molecule has 0 N–H and O–H groups in total. The molecule has 0 unspecified atom stereocenters. The smallest absolute Gasteiger partial charge is 0.281 e. The predicted octanol–water partition coefficient (Wildman–Crippen LogP) is 5.50. The molecule has 0 spiro atoms. The van der Waals surface area contributed by atoms with E-state index < -0.39 is 27.2 Å². The van der Waals surface area contributed by atoms with Crippen molar-refractivity contribution in [3.63, 3.8) is 0 Å². The highest BCUT2D eigenvalue weighted by molar-refractivity contribution is 7.88. The fourth-order valence-corrected chi connectivity index (χ4v) is 6.86. The highest BCUT2D eigenvalue weighted by Crippen LogP contribution is 2.31. The van der Waals surface area contributed by atoms with Crippen LogP contribution >= 0.6 is 0 Å². The zero-order valence-electron chi connectivity index (χ0n) is 23.1. The Bertz CT molecular complexity index is 1890. The Balaban J connectivity index is 1.35. The summed E-state index contributed by atoms with van der Waals surface area (Å²) < 4.78 is 56.8. The minimum absolute atomic E-state index is 0.0342. The summed E-state index contributed by atoms with van der Waals surface area (Å²) in [5, 5.41) is 4.28. The van der Waals surface area contributed by atoms with E-state index in [2.05, 4.69) is 5.10 Å². The fourth-order valence-electron chi connectivity index (χ4n) is 5.34. The predicted molar refractivity (Wildman–Crippen MR) is 163 cm³/mol. The quantitative estimate of drug-likeness (QED) is 0.248. The molecule has 0 atom stereocenters. The van der Waals surface area contributed by atoms with Crippen molar-refractivity contribution in [2.45, 2.75) is 5.75 Å². The summed E-state index contributed by atoms with van der Waals surface area (Å²) in [6.45, 7) is 1.14. The molecule has 0 aliphatic carbocycles. The Morgan fingerprint density at radius 3 is 1.88 bits per heavy atom. The zero-order valence-corrected chi connectivity index (χ0v) is 23.9. The topological polar surface area (TPSA) is 75.5 Å². The first-order chi connectivity index (χ1) is 20.8. The van der Waals surface area contributed by atoms with E-state index in [0.717, 1.165) is 34.0 Å². The van der Waals surface area contributed by atoms with Gasteiger partial charge in [-0.1, -0.05) is 84.9 Å². The highest BCUT2D eigenvalue weighted by atomic mass is 32.2. The lowest BCUT2D eigenvalue weighted by molar-refractivity contribution is 0.384. The number of halogens is 2. The van der Waals surface area contributed by atoms with Crippen LogP contribution < -0.4 is 10.5 Å². The molecule has 1 aromatic heterocycles. The van der Waals surface area contributed by atoms with Crippen LogP contribution in [0.15, 0.2) is 114 Å². The number of hydrogen-bond donors (Lipinski definition) is 0. The van der Waals surface area contributed by atoms with E-state index >= 15 is 0 Å². The molecular formula is C33H28F2N4O3S. The first-order valence-corrected chi connectivity index (χ1v) is 15.4. The van der Waals surface area contributed by atoms with Crippen LogP contribution in [0.4, 0.5) is 14.5 Å². The number of sulfonamides is 1. The third-order valence-electron chi connectivity index (χ3n) is 7.50. The molecular weight excluding hydrogens is 570 g/mol. The second-order valence-corrected chi connectivity index (χ2v) is 12.3. The summed E-state index contributed by atoms with van der Waals surface area (Å²) >= 11 is 0. The normalized spacial score (nSPS) is 14.1. The minimum Gasteiger partial charge on any atom is -0.367 e. The lowest BCUT2D eigenvalue weighted by Gasteiger charge is -2.36. The molecule has 5 aromatic rings. The standard InChI is InChI=1S/C33H28F2N4O3S/c34-28-19-29(35)21-30(20-28)39-33(40)32(27-13-11-26(12-14-27)25-9-5-2-6-10-25)31(22-36-39)37-15-17-38(18-16-37)43(41,42)23-24-7-3-1-4-8-24/h1-14,19-22H,15-18,23H2. The Morgan fingerprint density at radius 1 is 0.698 bits per heavy atom. The van der Waals surface area contributed by atoms with Gasteiger partial charge >= 0.3 is 0 Å². The number of aromatic nitrogens is 2. The Kier molecular flexibility index (Phi) is 7.88. The maximum atomic E-state index is 14.1. The summed E-state index contributed by atoms with van der Waals surface area (Å²) in [7, 11) is -3.54. The van der Waals surface area contributed by atoms with Gasteiger partial charge in [0.2, 0.25) is 10.0 Å². The number of anilines is 1. The number of nitrogens with zero attached hydrogens (tertiary/aromatic N) is 4. The van der Waals surface area contributed by atoms with Crippen LogP contribution in [0.3, 0.4) is 0 Å². The van der Waals surface area contributed by atoms with Gasteiger partial charge in [0.05, 0.1) is 28.9 Å². The van der Waals surface area contributed by atoms with Gasteiger partial charge in [0.25, 0.3) is 5.56 Å². The highest BCUT2D eigenvalue weighted by Gasteiger charge is 2.29. The third kappa shape index (κ3) is 6.11. The van der Waals surface area contributed by atoms with Gasteiger partial charge in [-0.25, -0.2) is 17.2 Å². The van der Waals surface area contributed by atoms with Crippen molar-refractivity contribution < 1.29 is 17.2 Å². The van der Waals surface area contributed by atoms with Crippen molar-refractivity contribution in [3.05, 3.63) is 137 Å². The van der Waals surface area contributed by atoms with Gasteiger partial charge in [-0.2, -0.15) is 14.1 Å². The molecule has 1 aliphatic rings. The second kappa shape index (κ2) is 11.9. The number of hydrogen-bond acceptors (Lipinski definition) is 5. The summed E-state index contributed by atoms with van der Waals surface area (Å²) in [5.41, 5.74) is 3.54. The molecule has 1 aliphatic heterocycles. The Morgan fingerprint density at radius 2 is 1.26 bits per heavy atom. The fraction of sp³-hybridized carbons (Fsp3) is 0.152. The maximum Gasteiger partial charge on any atom is 0.281 e. The van der Waals surface area contributed by atoms with Crippen molar-refractivity contribution >= 4 is 15.7 Å². The first kappa shape index (κ1) is 28.4. The van der Waals surface area contributed by atoms with E-state index in [1.807, 2.05) is 77.7 Å². The molecule has 10 heteroatoms. The Hall–Kier alpha value is -4.67. The van der Waals surface area contributed by atoms with Gasteiger partial charge in [-0.05, 0) is 34.4 Å². The van der Waals surface area contributed by atoms with E-state index in [4.69, 9.17) is 0 Å². The number of piperazine rings is 1. The second-order valence-electron chi connectivity index (χ2n) is 10.3. The largest absolute Gasteiger partial charge is 0.367 e. The number of rotatable bonds is 7. The summed E-state index contributed by atoms with van der Waals surface area (Å²) in [4.78, 5) is 15.9. The maximum absolute atomic E-state index is 14.1. The van der Waals surface area contributed by atoms with Gasteiger partial charge in [0, 0.05) is 32.2 Å². The van der Waals surface area contributed by atoms with E-state index in [-0.39, 0.29) is 24.5 Å². The average molecular weight is 599 g/mol. The molecule has 7 nitrogen and oxygen atoms in total. The SMILES string of the molecule is O=c1c(-c2ccc(-c3ccccc3)cc2)c(N2CCN(S(=O)(=O)Cc3ccccc3)CC2)cnn1-c1cc(F)cc(F)c1. The van der Waals surface area contributed by atoms with Crippen LogP contribution in [0.1, 0.15) is 5.56 Å². The van der Waals surface area contributed by atoms with Gasteiger partial charge in [0.15, 0.2) is 0 Å². The monoisotopic (exact) mass is 598 g/mol. The van der Waals surface area contributed by atoms with Crippen molar-refractivity contribution in [2.75, 3.05) is 31.1 Å². The van der Waals surface area contributed by atoms with Gasteiger partial charge < -0.3 is 4.90 Å². The van der Waals surface area contributed by atoms with Crippen LogP contribution in [0, 0.1) is 11.6 Å². The molecule has 1 saturated heterocycles. The molecule has 43 heavy (non-hydrogen) atoms. The van der Waals surface area contributed by atoms with Gasteiger partial charge in [-0.15, -0.1) is 0 Å². The van der Waals surface area contributed by atoms with Crippen LogP contribution in [-0.4, -0.2) is 48.7 Å². The molecule has 0 radical (unpaired) electrons. The lowest BCUT2D eigenvalue weighted by Crippen LogP contribution is -2.49. The molecule has 2 heterocycles. The third-order valence-corrected chi connectivity index (χ3v) is 9.35.